The molecule has 1 N–H and O–H groups in total. The maximum Gasteiger partial charge on any atom is 0.00723 e. The van der Waals surface area contributed by atoms with Crippen molar-refractivity contribution < 1.29 is 0 Å². The summed E-state index contributed by atoms with van der Waals surface area (Å²) in [5.74, 6) is 2.09. The van der Waals surface area contributed by atoms with E-state index in [2.05, 4.69) is 12.2 Å². The van der Waals surface area contributed by atoms with Gasteiger partial charge in [-0.15, -0.1) is 0 Å². The van der Waals surface area contributed by atoms with E-state index in [4.69, 9.17) is 0 Å². The van der Waals surface area contributed by atoms with Gasteiger partial charge in [0.05, 0.1) is 0 Å². The molecule has 2 saturated carbocycles. The summed E-state index contributed by atoms with van der Waals surface area (Å²) in [5, 5.41) is 3.50. The second kappa shape index (κ2) is 3.78. The molecule has 0 spiro atoms. The summed E-state index contributed by atoms with van der Waals surface area (Å²) in [4.78, 5) is 0. The van der Waals surface area contributed by atoms with E-state index in [0.29, 0.717) is 0 Å². The lowest BCUT2D eigenvalue weighted by molar-refractivity contribution is 0.156. The van der Waals surface area contributed by atoms with Crippen LogP contribution in [0, 0.1) is 18.8 Å². The van der Waals surface area contributed by atoms with Crippen molar-refractivity contribution in [2.45, 2.75) is 44.6 Å². The first-order chi connectivity index (χ1) is 5.88. The van der Waals surface area contributed by atoms with Gasteiger partial charge in [0.1, 0.15) is 0 Å². The molecule has 0 aromatic heterocycles. The van der Waals surface area contributed by atoms with Crippen molar-refractivity contribution >= 4 is 0 Å². The van der Waals surface area contributed by atoms with Gasteiger partial charge in [-0.3, -0.25) is 0 Å². The van der Waals surface area contributed by atoms with Crippen LogP contribution in [-0.2, 0) is 0 Å². The topological polar surface area (TPSA) is 12.0 Å². The van der Waals surface area contributed by atoms with Gasteiger partial charge in [0.15, 0.2) is 0 Å². The van der Waals surface area contributed by atoms with E-state index in [9.17, 15) is 0 Å². The average molecular weight is 166 g/mol. The molecule has 0 aromatic carbocycles. The first-order valence-corrected chi connectivity index (χ1v) is 5.41. The predicted octanol–water partition coefficient (Wildman–Crippen LogP) is 2.38. The highest BCUT2D eigenvalue weighted by molar-refractivity contribution is 4.86. The molecule has 1 heteroatoms. The van der Waals surface area contributed by atoms with Gasteiger partial charge >= 0.3 is 0 Å². The Hall–Kier alpha value is -0.0400. The van der Waals surface area contributed by atoms with E-state index in [1.807, 2.05) is 0 Å². The number of fused-ring (bicyclic) bond motifs is 2. The molecule has 0 amide bonds. The van der Waals surface area contributed by atoms with Gasteiger partial charge in [-0.25, -0.2) is 0 Å². The fraction of sp³-hybridized carbons (Fsp3) is 0.909. The number of nitrogens with one attached hydrogen (secondary N) is 1. The molecule has 0 aliphatic heterocycles. The molecule has 2 fully saturated rings. The van der Waals surface area contributed by atoms with Crippen LogP contribution in [0.15, 0.2) is 0 Å². The van der Waals surface area contributed by atoms with Crippen LogP contribution in [0.25, 0.3) is 0 Å². The maximum atomic E-state index is 3.86. The van der Waals surface area contributed by atoms with Gasteiger partial charge in [-0.05, 0) is 44.6 Å². The van der Waals surface area contributed by atoms with Crippen LogP contribution in [0.4, 0.5) is 0 Å². The van der Waals surface area contributed by atoms with E-state index >= 15 is 0 Å². The molecule has 69 valence electrons. The van der Waals surface area contributed by atoms with Crippen LogP contribution in [0.1, 0.15) is 38.5 Å². The van der Waals surface area contributed by atoms with Crippen molar-refractivity contribution in [2.75, 3.05) is 6.54 Å². The highest BCUT2D eigenvalue weighted by atomic mass is 14.9. The molecule has 1 nitrogen and oxygen atoms in total. The highest BCUT2D eigenvalue weighted by Crippen LogP contribution is 2.39. The van der Waals surface area contributed by atoms with E-state index in [-0.39, 0.29) is 0 Å². The number of rotatable bonds is 2. The largest absolute Gasteiger partial charge is 0.314 e. The Morgan fingerprint density at radius 2 is 1.75 bits per heavy atom. The summed E-state index contributed by atoms with van der Waals surface area (Å²) < 4.78 is 0. The maximum absolute atomic E-state index is 3.86. The molecule has 1 radical (unpaired) electrons. The van der Waals surface area contributed by atoms with Crippen LogP contribution in [0.2, 0.25) is 0 Å². The van der Waals surface area contributed by atoms with E-state index in [1.54, 1.807) is 0 Å². The fourth-order valence-electron chi connectivity index (χ4n) is 3.10. The van der Waals surface area contributed by atoms with Gasteiger partial charge in [-0.1, -0.05) is 19.3 Å². The zero-order valence-electron chi connectivity index (χ0n) is 7.89. The SMILES string of the molecule is [CH2]CNC1CC2CCCC(C2)C1. The summed E-state index contributed by atoms with van der Waals surface area (Å²) in [6.45, 7) is 4.77. The molecule has 2 aliphatic rings. The first kappa shape index (κ1) is 8.55. The van der Waals surface area contributed by atoms with Crippen LogP contribution in [0.3, 0.4) is 0 Å². The van der Waals surface area contributed by atoms with Crippen molar-refractivity contribution in [1.29, 1.82) is 0 Å². The normalized spacial score (nSPS) is 41.2. The number of hydrogen-bond donors (Lipinski definition) is 1. The van der Waals surface area contributed by atoms with Crippen LogP contribution in [-0.4, -0.2) is 12.6 Å². The van der Waals surface area contributed by atoms with Crippen molar-refractivity contribution in [2.24, 2.45) is 11.8 Å². The molecule has 0 aromatic rings. The smallest absolute Gasteiger partial charge is 0.00723 e. The molecule has 2 unspecified atom stereocenters. The Morgan fingerprint density at radius 3 is 2.33 bits per heavy atom. The van der Waals surface area contributed by atoms with Crippen LogP contribution in [0.5, 0.6) is 0 Å². The second-order valence-corrected chi connectivity index (χ2v) is 4.52. The summed E-state index contributed by atoms with van der Waals surface area (Å²) in [6, 6.07) is 0.798. The fourth-order valence-corrected chi connectivity index (χ4v) is 3.10. The Balaban J connectivity index is 1.87. The lowest BCUT2D eigenvalue weighted by atomic mass is 9.70. The van der Waals surface area contributed by atoms with Gasteiger partial charge in [0.25, 0.3) is 0 Å². The first-order valence-electron chi connectivity index (χ1n) is 5.41. The van der Waals surface area contributed by atoms with Crippen molar-refractivity contribution in [3.05, 3.63) is 6.92 Å². The average Bonchev–Trinajstić information content (AvgIpc) is 2.04. The predicted molar refractivity (Wildman–Crippen MR) is 51.8 cm³/mol. The van der Waals surface area contributed by atoms with Crippen molar-refractivity contribution in [3.63, 3.8) is 0 Å². The minimum atomic E-state index is 0.798. The van der Waals surface area contributed by atoms with Gasteiger partial charge in [-0.2, -0.15) is 0 Å². The quantitative estimate of drug-likeness (QED) is 0.664. The van der Waals surface area contributed by atoms with Gasteiger partial charge in [0, 0.05) is 6.04 Å². The Labute approximate surface area is 75.9 Å². The third kappa shape index (κ3) is 1.82. The lowest BCUT2D eigenvalue weighted by Gasteiger charge is -2.39. The summed E-state index contributed by atoms with van der Waals surface area (Å²) in [5.41, 5.74) is 0. The molecule has 2 aliphatic carbocycles. The Bertz CT molecular complexity index is 132. The zero-order chi connectivity index (χ0) is 8.39. The second-order valence-electron chi connectivity index (χ2n) is 4.52. The third-order valence-electron chi connectivity index (χ3n) is 3.56. The molecule has 12 heavy (non-hydrogen) atoms. The Morgan fingerprint density at radius 1 is 1.08 bits per heavy atom. The van der Waals surface area contributed by atoms with E-state index < -0.39 is 0 Å². The van der Waals surface area contributed by atoms with Crippen LogP contribution < -0.4 is 5.32 Å². The van der Waals surface area contributed by atoms with Gasteiger partial charge < -0.3 is 5.32 Å². The molecule has 0 saturated heterocycles. The highest BCUT2D eigenvalue weighted by Gasteiger charge is 2.30. The molecule has 2 bridgehead atoms. The standard InChI is InChI=1S/C11H20N/c1-2-12-11-7-9-4-3-5-10(6-9)8-11/h9-12H,1-8H2. The third-order valence-corrected chi connectivity index (χ3v) is 3.56. The van der Waals surface area contributed by atoms with E-state index in [1.165, 1.54) is 38.5 Å². The summed E-state index contributed by atoms with van der Waals surface area (Å²) in [6.07, 6.45) is 8.84. The van der Waals surface area contributed by atoms with Crippen LogP contribution >= 0.6 is 0 Å². The minimum absolute atomic E-state index is 0.798. The van der Waals surface area contributed by atoms with Crippen molar-refractivity contribution in [1.82, 2.24) is 5.32 Å². The molecular formula is C11H20N. The van der Waals surface area contributed by atoms with Crippen molar-refractivity contribution in [3.8, 4) is 0 Å². The Kier molecular flexibility index (Phi) is 2.69. The van der Waals surface area contributed by atoms with Gasteiger partial charge in [0.2, 0.25) is 0 Å². The molecule has 2 rings (SSSR count). The van der Waals surface area contributed by atoms with E-state index in [0.717, 1.165) is 24.4 Å². The monoisotopic (exact) mass is 166 g/mol. The summed E-state index contributed by atoms with van der Waals surface area (Å²) in [7, 11) is 0. The summed E-state index contributed by atoms with van der Waals surface area (Å²) >= 11 is 0. The lowest BCUT2D eigenvalue weighted by Crippen LogP contribution is -2.39. The molecule has 2 atom stereocenters. The zero-order valence-corrected chi connectivity index (χ0v) is 7.89. The minimum Gasteiger partial charge on any atom is -0.314 e. The molecule has 0 heterocycles. The number of hydrogen-bond acceptors (Lipinski definition) is 1. The molecular weight excluding hydrogens is 146 g/mol.